The maximum Gasteiger partial charge on any atom is 0.304 e. The fourth-order valence-electron chi connectivity index (χ4n) is 2.02. The highest BCUT2D eigenvalue weighted by molar-refractivity contribution is 5.70. The van der Waals surface area contributed by atoms with Crippen molar-refractivity contribution >= 4 is 5.97 Å². The minimum Gasteiger partial charge on any atom is -0.481 e. The largest absolute Gasteiger partial charge is 0.481 e. The number of benzene rings is 1. The molecule has 3 heteroatoms. The van der Waals surface area contributed by atoms with Crippen molar-refractivity contribution in [1.29, 1.82) is 5.26 Å². The molecule has 2 rings (SSSR count). The van der Waals surface area contributed by atoms with Gasteiger partial charge in [0.15, 0.2) is 0 Å². The zero-order valence-electron chi connectivity index (χ0n) is 8.23. The summed E-state index contributed by atoms with van der Waals surface area (Å²) in [5.74, 6) is -0.791. The van der Waals surface area contributed by atoms with E-state index < -0.39 is 5.97 Å². The van der Waals surface area contributed by atoms with Crippen LogP contribution >= 0.6 is 0 Å². The van der Waals surface area contributed by atoms with Crippen LogP contribution in [0.2, 0.25) is 0 Å². The van der Waals surface area contributed by atoms with E-state index in [0.717, 1.165) is 18.4 Å². The highest BCUT2D eigenvalue weighted by Gasteiger charge is 2.47. The Morgan fingerprint density at radius 3 is 2.67 bits per heavy atom. The second-order valence-corrected chi connectivity index (χ2v) is 4.01. The molecule has 1 fully saturated rings. The highest BCUT2D eigenvalue weighted by atomic mass is 16.4. The monoisotopic (exact) mass is 201 g/mol. The molecular formula is C12H11NO2. The summed E-state index contributed by atoms with van der Waals surface area (Å²) in [6.45, 7) is 0. The Kier molecular flexibility index (Phi) is 2.20. The van der Waals surface area contributed by atoms with Gasteiger partial charge >= 0.3 is 5.97 Å². The van der Waals surface area contributed by atoms with Crippen LogP contribution < -0.4 is 0 Å². The fourth-order valence-corrected chi connectivity index (χ4v) is 2.02. The van der Waals surface area contributed by atoms with Crippen LogP contribution in [0.4, 0.5) is 0 Å². The molecule has 15 heavy (non-hydrogen) atoms. The molecule has 0 radical (unpaired) electrons. The number of hydrogen-bond acceptors (Lipinski definition) is 2. The van der Waals surface area contributed by atoms with Crippen molar-refractivity contribution in [3.8, 4) is 6.07 Å². The van der Waals surface area contributed by atoms with Crippen molar-refractivity contribution < 1.29 is 9.90 Å². The summed E-state index contributed by atoms with van der Waals surface area (Å²) in [6.07, 6.45) is 1.88. The van der Waals surface area contributed by atoms with Gasteiger partial charge in [0.2, 0.25) is 0 Å². The van der Waals surface area contributed by atoms with Gasteiger partial charge in [-0.15, -0.1) is 0 Å². The van der Waals surface area contributed by atoms with Crippen LogP contribution in [0.15, 0.2) is 24.3 Å². The Morgan fingerprint density at radius 2 is 2.13 bits per heavy atom. The molecule has 0 unspecified atom stereocenters. The summed E-state index contributed by atoms with van der Waals surface area (Å²) < 4.78 is 0. The normalized spacial score (nSPS) is 16.7. The predicted octanol–water partition coefficient (Wildman–Crippen LogP) is 2.06. The Morgan fingerprint density at radius 1 is 1.47 bits per heavy atom. The Hall–Kier alpha value is -1.82. The van der Waals surface area contributed by atoms with Gasteiger partial charge in [0.25, 0.3) is 0 Å². The van der Waals surface area contributed by atoms with Crippen molar-refractivity contribution in [2.75, 3.05) is 0 Å². The van der Waals surface area contributed by atoms with E-state index >= 15 is 0 Å². The molecule has 0 saturated heterocycles. The molecule has 0 atom stereocenters. The average Bonchev–Trinajstić information content (AvgIpc) is 2.98. The third kappa shape index (κ3) is 1.71. The van der Waals surface area contributed by atoms with Gasteiger partial charge in [-0.25, -0.2) is 0 Å². The standard InChI is InChI=1S/C12H11NO2/c13-8-9-3-1-2-4-10(9)12(5-6-12)7-11(14)15/h1-4H,5-7H2,(H,14,15). The number of carboxylic acid groups (broad SMARTS) is 1. The first-order chi connectivity index (χ1) is 7.18. The Bertz CT molecular complexity index is 441. The smallest absolute Gasteiger partial charge is 0.304 e. The second kappa shape index (κ2) is 3.39. The number of aliphatic carboxylic acids is 1. The molecule has 1 N–H and O–H groups in total. The van der Waals surface area contributed by atoms with Gasteiger partial charge in [-0.05, 0) is 24.5 Å². The lowest BCUT2D eigenvalue weighted by molar-refractivity contribution is -0.137. The van der Waals surface area contributed by atoms with Crippen LogP contribution in [-0.4, -0.2) is 11.1 Å². The molecule has 0 amide bonds. The van der Waals surface area contributed by atoms with E-state index in [-0.39, 0.29) is 11.8 Å². The lowest BCUT2D eigenvalue weighted by atomic mass is 9.89. The zero-order valence-corrected chi connectivity index (χ0v) is 8.23. The minimum absolute atomic E-state index is 0.131. The van der Waals surface area contributed by atoms with Crippen LogP contribution in [0.1, 0.15) is 30.4 Å². The Labute approximate surface area is 88.0 Å². The zero-order chi connectivity index (χ0) is 10.9. The van der Waals surface area contributed by atoms with Gasteiger partial charge in [-0.1, -0.05) is 18.2 Å². The maximum atomic E-state index is 10.7. The van der Waals surface area contributed by atoms with Crippen molar-refractivity contribution in [2.24, 2.45) is 0 Å². The summed E-state index contributed by atoms with van der Waals surface area (Å²) >= 11 is 0. The molecule has 0 bridgehead atoms. The minimum atomic E-state index is -0.791. The first kappa shape index (κ1) is 9.72. The van der Waals surface area contributed by atoms with E-state index in [1.54, 1.807) is 12.1 Å². The van der Waals surface area contributed by atoms with E-state index in [1.807, 2.05) is 12.1 Å². The lowest BCUT2D eigenvalue weighted by Gasteiger charge is -2.14. The Balaban J connectivity index is 2.38. The number of carboxylic acids is 1. The first-order valence-corrected chi connectivity index (χ1v) is 4.89. The van der Waals surface area contributed by atoms with Crippen LogP contribution in [0, 0.1) is 11.3 Å². The van der Waals surface area contributed by atoms with Crippen molar-refractivity contribution in [1.82, 2.24) is 0 Å². The average molecular weight is 201 g/mol. The first-order valence-electron chi connectivity index (χ1n) is 4.89. The van der Waals surface area contributed by atoms with Crippen molar-refractivity contribution in [3.05, 3.63) is 35.4 Å². The maximum absolute atomic E-state index is 10.7. The molecule has 3 nitrogen and oxygen atoms in total. The number of hydrogen-bond donors (Lipinski definition) is 1. The predicted molar refractivity (Wildman–Crippen MR) is 54.3 cm³/mol. The third-order valence-electron chi connectivity index (χ3n) is 2.96. The van der Waals surface area contributed by atoms with Gasteiger partial charge in [0, 0.05) is 5.41 Å². The van der Waals surface area contributed by atoms with Crippen LogP contribution in [-0.2, 0) is 10.2 Å². The molecule has 76 valence electrons. The summed E-state index contributed by atoms with van der Waals surface area (Å²) in [5.41, 5.74) is 1.24. The van der Waals surface area contributed by atoms with Crippen LogP contribution in [0.3, 0.4) is 0 Å². The number of carbonyl (C=O) groups is 1. The molecule has 1 aliphatic carbocycles. The van der Waals surface area contributed by atoms with Crippen molar-refractivity contribution in [3.63, 3.8) is 0 Å². The highest BCUT2D eigenvalue weighted by Crippen LogP contribution is 2.51. The molecular weight excluding hydrogens is 190 g/mol. The topological polar surface area (TPSA) is 61.1 Å². The van der Waals surface area contributed by atoms with E-state index in [9.17, 15) is 4.79 Å². The lowest BCUT2D eigenvalue weighted by Crippen LogP contribution is -2.14. The molecule has 0 aliphatic heterocycles. The summed E-state index contributed by atoms with van der Waals surface area (Å²) in [4.78, 5) is 10.7. The van der Waals surface area contributed by atoms with Gasteiger partial charge in [-0.3, -0.25) is 4.79 Å². The molecule has 1 aliphatic rings. The number of rotatable bonds is 3. The van der Waals surface area contributed by atoms with Crippen molar-refractivity contribution in [2.45, 2.75) is 24.7 Å². The van der Waals surface area contributed by atoms with Gasteiger partial charge in [-0.2, -0.15) is 5.26 Å². The molecule has 0 heterocycles. The molecule has 0 aromatic heterocycles. The summed E-state index contributed by atoms with van der Waals surface area (Å²) in [5, 5.41) is 17.8. The van der Waals surface area contributed by atoms with Crippen LogP contribution in [0.5, 0.6) is 0 Å². The van der Waals surface area contributed by atoms with E-state index in [2.05, 4.69) is 6.07 Å². The third-order valence-corrected chi connectivity index (χ3v) is 2.96. The fraction of sp³-hybridized carbons (Fsp3) is 0.333. The molecule has 1 saturated carbocycles. The van der Waals surface area contributed by atoms with E-state index in [1.165, 1.54) is 0 Å². The quantitative estimate of drug-likeness (QED) is 0.814. The van der Waals surface area contributed by atoms with E-state index in [4.69, 9.17) is 10.4 Å². The second-order valence-electron chi connectivity index (χ2n) is 4.01. The van der Waals surface area contributed by atoms with Crippen LogP contribution in [0.25, 0.3) is 0 Å². The number of nitrogens with zero attached hydrogens (tertiary/aromatic N) is 1. The van der Waals surface area contributed by atoms with Gasteiger partial charge in [0.05, 0.1) is 18.1 Å². The SMILES string of the molecule is N#Cc1ccccc1C1(CC(=O)O)CC1. The molecule has 1 aromatic rings. The molecule has 1 aromatic carbocycles. The van der Waals surface area contributed by atoms with E-state index in [0.29, 0.717) is 5.56 Å². The summed E-state index contributed by atoms with van der Waals surface area (Å²) in [6, 6.07) is 9.40. The van der Waals surface area contributed by atoms with Gasteiger partial charge in [0.1, 0.15) is 0 Å². The summed E-state index contributed by atoms with van der Waals surface area (Å²) in [7, 11) is 0. The molecule has 0 spiro atoms. The number of nitriles is 1. The van der Waals surface area contributed by atoms with Gasteiger partial charge < -0.3 is 5.11 Å².